The molecule has 2 aromatic rings. The summed E-state index contributed by atoms with van der Waals surface area (Å²) in [5.41, 5.74) is 1.93. The molecule has 0 saturated carbocycles. The highest BCUT2D eigenvalue weighted by atomic mass is 15.0. The predicted octanol–water partition coefficient (Wildman–Crippen LogP) is 2.67. The highest BCUT2D eigenvalue weighted by Crippen LogP contribution is 2.13. The van der Waals surface area contributed by atoms with E-state index >= 15 is 0 Å². The molecule has 17 heavy (non-hydrogen) atoms. The minimum absolute atomic E-state index is 0.658. The van der Waals surface area contributed by atoms with Gasteiger partial charge in [0.05, 0.1) is 0 Å². The average molecular weight is 228 g/mol. The quantitative estimate of drug-likeness (QED) is 0.874. The van der Waals surface area contributed by atoms with E-state index in [0.717, 1.165) is 30.0 Å². The van der Waals surface area contributed by atoms with Gasteiger partial charge < -0.3 is 5.32 Å². The van der Waals surface area contributed by atoms with Crippen molar-refractivity contribution in [3.63, 3.8) is 0 Å². The van der Waals surface area contributed by atoms with E-state index in [1.165, 1.54) is 0 Å². The number of nitrogens with zero attached hydrogens (tertiary/aromatic N) is 3. The zero-order valence-electron chi connectivity index (χ0n) is 10.1. The molecule has 0 spiro atoms. The van der Waals surface area contributed by atoms with Crippen molar-refractivity contribution in [2.75, 3.05) is 11.9 Å². The Bertz CT molecular complexity index is 479. The molecule has 1 N–H and O–H groups in total. The Hall–Kier alpha value is -1.97. The van der Waals surface area contributed by atoms with Gasteiger partial charge in [-0.15, -0.1) is 0 Å². The fraction of sp³-hybridized carbons (Fsp3) is 0.308. The number of rotatable bonds is 4. The van der Waals surface area contributed by atoms with Crippen LogP contribution in [0.5, 0.6) is 0 Å². The van der Waals surface area contributed by atoms with Crippen LogP contribution in [-0.4, -0.2) is 21.5 Å². The molecule has 2 rings (SSSR count). The van der Waals surface area contributed by atoms with Crippen LogP contribution >= 0.6 is 0 Å². The monoisotopic (exact) mass is 228 g/mol. The SMILES string of the molecule is CCCNc1ccnc(-c2ccc(C)cn2)n1. The Kier molecular flexibility index (Phi) is 3.65. The minimum atomic E-state index is 0.658. The summed E-state index contributed by atoms with van der Waals surface area (Å²) in [6, 6.07) is 5.82. The minimum Gasteiger partial charge on any atom is -0.370 e. The fourth-order valence-electron chi connectivity index (χ4n) is 1.43. The van der Waals surface area contributed by atoms with Crippen molar-refractivity contribution in [3.05, 3.63) is 36.2 Å². The number of pyridine rings is 1. The van der Waals surface area contributed by atoms with Crippen molar-refractivity contribution in [1.29, 1.82) is 0 Å². The topological polar surface area (TPSA) is 50.7 Å². The van der Waals surface area contributed by atoms with Crippen LogP contribution in [0.1, 0.15) is 18.9 Å². The molecule has 0 aliphatic rings. The van der Waals surface area contributed by atoms with Crippen molar-refractivity contribution in [2.24, 2.45) is 0 Å². The Morgan fingerprint density at radius 1 is 1.18 bits per heavy atom. The maximum Gasteiger partial charge on any atom is 0.180 e. The third-order valence-electron chi connectivity index (χ3n) is 2.35. The lowest BCUT2D eigenvalue weighted by Crippen LogP contribution is -2.03. The molecule has 2 heterocycles. The molecule has 4 nitrogen and oxygen atoms in total. The molecule has 0 saturated heterocycles. The van der Waals surface area contributed by atoms with E-state index in [1.54, 1.807) is 6.20 Å². The first-order chi connectivity index (χ1) is 8.29. The number of hydrogen-bond donors (Lipinski definition) is 1. The summed E-state index contributed by atoms with van der Waals surface area (Å²) in [5.74, 6) is 1.50. The van der Waals surface area contributed by atoms with Gasteiger partial charge in [-0.1, -0.05) is 13.0 Å². The highest BCUT2D eigenvalue weighted by molar-refractivity contribution is 5.52. The molecule has 88 valence electrons. The smallest absolute Gasteiger partial charge is 0.180 e. The van der Waals surface area contributed by atoms with Crippen molar-refractivity contribution in [2.45, 2.75) is 20.3 Å². The van der Waals surface area contributed by atoms with Crippen LogP contribution < -0.4 is 5.32 Å². The maximum atomic E-state index is 4.43. The molecule has 0 atom stereocenters. The number of nitrogens with one attached hydrogen (secondary N) is 1. The summed E-state index contributed by atoms with van der Waals surface area (Å²) in [6.45, 7) is 5.05. The van der Waals surface area contributed by atoms with E-state index in [-0.39, 0.29) is 0 Å². The van der Waals surface area contributed by atoms with Crippen LogP contribution in [0.2, 0.25) is 0 Å². The van der Waals surface area contributed by atoms with E-state index in [1.807, 2.05) is 31.3 Å². The maximum absolute atomic E-state index is 4.43. The average Bonchev–Trinajstić information content (AvgIpc) is 2.37. The number of aromatic nitrogens is 3. The third-order valence-corrected chi connectivity index (χ3v) is 2.35. The first-order valence-electron chi connectivity index (χ1n) is 5.79. The van der Waals surface area contributed by atoms with Gasteiger partial charge in [-0.3, -0.25) is 4.98 Å². The summed E-state index contributed by atoms with van der Waals surface area (Å²) in [7, 11) is 0. The lowest BCUT2D eigenvalue weighted by Gasteiger charge is -2.05. The molecular formula is C13H16N4. The van der Waals surface area contributed by atoms with E-state index < -0.39 is 0 Å². The molecular weight excluding hydrogens is 212 g/mol. The van der Waals surface area contributed by atoms with Gasteiger partial charge in [-0.2, -0.15) is 0 Å². The molecule has 0 unspecified atom stereocenters. The van der Waals surface area contributed by atoms with E-state index in [0.29, 0.717) is 5.82 Å². The van der Waals surface area contributed by atoms with Crippen molar-refractivity contribution < 1.29 is 0 Å². The lowest BCUT2D eigenvalue weighted by atomic mass is 10.2. The Morgan fingerprint density at radius 3 is 2.76 bits per heavy atom. The highest BCUT2D eigenvalue weighted by Gasteiger charge is 2.03. The second-order valence-corrected chi connectivity index (χ2v) is 3.91. The van der Waals surface area contributed by atoms with Gasteiger partial charge in [-0.25, -0.2) is 9.97 Å². The van der Waals surface area contributed by atoms with Gasteiger partial charge in [0.1, 0.15) is 11.5 Å². The summed E-state index contributed by atoms with van der Waals surface area (Å²) in [5, 5.41) is 3.24. The van der Waals surface area contributed by atoms with Gasteiger partial charge in [0.15, 0.2) is 5.82 Å². The van der Waals surface area contributed by atoms with E-state index in [2.05, 4.69) is 27.2 Å². The van der Waals surface area contributed by atoms with Gasteiger partial charge in [0.2, 0.25) is 0 Å². The van der Waals surface area contributed by atoms with Crippen LogP contribution in [-0.2, 0) is 0 Å². The van der Waals surface area contributed by atoms with Crippen LogP contribution in [0, 0.1) is 6.92 Å². The van der Waals surface area contributed by atoms with Crippen LogP contribution in [0.25, 0.3) is 11.5 Å². The predicted molar refractivity (Wildman–Crippen MR) is 68.8 cm³/mol. The Labute approximate surface area is 101 Å². The number of anilines is 1. The van der Waals surface area contributed by atoms with E-state index in [4.69, 9.17) is 0 Å². The van der Waals surface area contributed by atoms with E-state index in [9.17, 15) is 0 Å². The molecule has 0 radical (unpaired) electrons. The molecule has 0 aromatic carbocycles. The van der Waals surface area contributed by atoms with Gasteiger partial charge in [-0.05, 0) is 31.0 Å². The molecule has 0 amide bonds. The molecule has 0 aliphatic carbocycles. The van der Waals surface area contributed by atoms with Crippen LogP contribution in [0.3, 0.4) is 0 Å². The lowest BCUT2D eigenvalue weighted by molar-refractivity contribution is 0.965. The Balaban J connectivity index is 2.23. The van der Waals surface area contributed by atoms with Crippen molar-refractivity contribution in [3.8, 4) is 11.5 Å². The fourth-order valence-corrected chi connectivity index (χ4v) is 1.43. The largest absolute Gasteiger partial charge is 0.370 e. The van der Waals surface area contributed by atoms with Gasteiger partial charge >= 0.3 is 0 Å². The second kappa shape index (κ2) is 5.39. The Morgan fingerprint density at radius 2 is 2.06 bits per heavy atom. The zero-order chi connectivity index (χ0) is 12.1. The van der Waals surface area contributed by atoms with Crippen molar-refractivity contribution >= 4 is 5.82 Å². The molecule has 4 heteroatoms. The second-order valence-electron chi connectivity index (χ2n) is 3.91. The zero-order valence-corrected chi connectivity index (χ0v) is 10.1. The van der Waals surface area contributed by atoms with Crippen LogP contribution in [0.15, 0.2) is 30.6 Å². The first-order valence-corrected chi connectivity index (χ1v) is 5.79. The summed E-state index contributed by atoms with van der Waals surface area (Å²) >= 11 is 0. The third kappa shape index (κ3) is 3.00. The summed E-state index contributed by atoms with van der Waals surface area (Å²) in [4.78, 5) is 13.0. The molecule has 0 fully saturated rings. The van der Waals surface area contributed by atoms with Gasteiger partial charge in [0, 0.05) is 18.9 Å². The number of aryl methyl sites for hydroxylation is 1. The van der Waals surface area contributed by atoms with Crippen LogP contribution in [0.4, 0.5) is 5.82 Å². The standard InChI is InChI=1S/C13H16N4/c1-3-7-14-12-6-8-15-13(17-12)11-5-4-10(2)9-16-11/h4-6,8-9H,3,7H2,1-2H3,(H,14,15,17). The molecule has 0 aliphatic heterocycles. The number of hydrogen-bond acceptors (Lipinski definition) is 4. The van der Waals surface area contributed by atoms with Gasteiger partial charge in [0.25, 0.3) is 0 Å². The first kappa shape index (κ1) is 11.5. The summed E-state index contributed by atoms with van der Waals surface area (Å²) < 4.78 is 0. The normalized spacial score (nSPS) is 10.2. The summed E-state index contributed by atoms with van der Waals surface area (Å²) in [6.07, 6.45) is 4.65. The van der Waals surface area contributed by atoms with Crippen molar-refractivity contribution in [1.82, 2.24) is 15.0 Å². The molecule has 2 aromatic heterocycles. The molecule has 0 bridgehead atoms.